The third-order valence-electron chi connectivity index (χ3n) is 3.79. The number of carbonyl (C=O) groups excluding carboxylic acids is 1. The smallest absolute Gasteiger partial charge is 0.176 e. The minimum atomic E-state index is -0.435. The first-order chi connectivity index (χ1) is 9.75. The Bertz CT molecular complexity index is 609. The third-order valence-corrected chi connectivity index (χ3v) is 3.79. The van der Waals surface area contributed by atoms with Gasteiger partial charge in [0.15, 0.2) is 5.78 Å². The molecule has 0 fully saturated rings. The van der Waals surface area contributed by atoms with Crippen LogP contribution >= 0.6 is 0 Å². The Morgan fingerprint density at radius 1 is 1.05 bits per heavy atom. The zero-order chi connectivity index (χ0) is 13.9. The molecule has 20 heavy (non-hydrogen) atoms. The number of nitrogens with one attached hydrogen (secondary N) is 1. The number of hydrogen-bond donors (Lipinski definition) is 2. The van der Waals surface area contributed by atoms with Crippen molar-refractivity contribution in [2.45, 2.75) is 18.6 Å². The predicted molar refractivity (Wildman–Crippen MR) is 77.5 cm³/mol. The molecule has 0 saturated carbocycles. The molecule has 0 spiro atoms. The molecular weight excluding hydrogens is 250 g/mol. The molecule has 102 valence electrons. The van der Waals surface area contributed by atoms with Crippen molar-refractivity contribution < 1.29 is 9.90 Å². The highest BCUT2D eigenvalue weighted by atomic mass is 16.3. The fraction of sp³-hybridized carbons (Fsp3) is 0.235. The topological polar surface area (TPSA) is 49.3 Å². The molecule has 3 rings (SSSR count). The van der Waals surface area contributed by atoms with Crippen LogP contribution in [-0.2, 0) is 0 Å². The van der Waals surface area contributed by atoms with Gasteiger partial charge >= 0.3 is 0 Å². The van der Waals surface area contributed by atoms with Gasteiger partial charge in [0, 0.05) is 11.6 Å². The second kappa shape index (κ2) is 5.57. The van der Waals surface area contributed by atoms with Crippen molar-refractivity contribution in [2.24, 2.45) is 0 Å². The van der Waals surface area contributed by atoms with E-state index in [4.69, 9.17) is 0 Å². The Hall–Kier alpha value is -1.97. The molecule has 1 aliphatic carbocycles. The van der Waals surface area contributed by atoms with E-state index in [2.05, 4.69) is 5.32 Å². The maximum Gasteiger partial charge on any atom is 0.176 e. The summed E-state index contributed by atoms with van der Waals surface area (Å²) in [5, 5.41) is 13.3. The fourth-order valence-corrected chi connectivity index (χ4v) is 2.74. The molecule has 0 unspecified atom stereocenters. The molecule has 3 nitrogen and oxygen atoms in total. The highest BCUT2D eigenvalue weighted by molar-refractivity contribution is 5.97. The Kier molecular flexibility index (Phi) is 3.63. The van der Waals surface area contributed by atoms with E-state index in [1.807, 2.05) is 54.6 Å². The molecule has 3 heteroatoms. The molecule has 0 heterocycles. The fourth-order valence-electron chi connectivity index (χ4n) is 2.74. The zero-order valence-electron chi connectivity index (χ0n) is 11.1. The van der Waals surface area contributed by atoms with Crippen LogP contribution in [-0.4, -0.2) is 17.4 Å². The quantitative estimate of drug-likeness (QED) is 0.837. The highest BCUT2D eigenvalue weighted by Gasteiger charge is 2.29. The Morgan fingerprint density at radius 2 is 1.70 bits per heavy atom. The van der Waals surface area contributed by atoms with Gasteiger partial charge in [0.2, 0.25) is 0 Å². The van der Waals surface area contributed by atoms with Crippen molar-refractivity contribution in [3.05, 3.63) is 71.3 Å². The number of fused-ring (bicyclic) bond motifs is 1. The van der Waals surface area contributed by atoms with Crippen LogP contribution in [0.3, 0.4) is 0 Å². The first-order valence-electron chi connectivity index (χ1n) is 6.84. The second-order valence-electron chi connectivity index (χ2n) is 5.10. The van der Waals surface area contributed by atoms with Gasteiger partial charge in [-0.15, -0.1) is 0 Å². The summed E-state index contributed by atoms with van der Waals surface area (Å²) in [4.78, 5) is 12.1. The molecule has 2 aromatic carbocycles. The van der Waals surface area contributed by atoms with Gasteiger partial charge in [-0.05, 0) is 17.5 Å². The summed E-state index contributed by atoms with van der Waals surface area (Å²) < 4.78 is 0. The number of Topliss-reactive ketones (excluding diaryl/α,β-unsaturated/α-hetero) is 1. The van der Waals surface area contributed by atoms with Crippen LogP contribution in [0.1, 0.15) is 40.1 Å². The lowest BCUT2D eigenvalue weighted by atomic mass is 10.1. The van der Waals surface area contributed by atoms with Gasteiger partial charge in [0.05, 0.1) is 12.6 Å². The average Bonchev–Trinajstić information content (AvgIpc) is 2.83. The monoisotopic (exact) mass is 267 g/mol. The van der Waals surface area contributed by atoms with Crippen LogP contribution in [0.15, 0.2) is 54.6 Å². The number of ketones is 1. The van der Waals surface area contributed by atoms with Crippen LogP contribution in [0.5, 0.6) is 0 Å². The summed E-state index contributed by atoms with van der Waals surface area (Å²) >= 11 is 0. The van der Waals surface area contributed by atoms with E-state index in [1.54, 1.807) is 0 Å². The molecule has 0 aromatic heterocycles. The first kappa shape index (κ1) is 13.0. The van der Waals surface area contributed by atoms with Gasteiger partial charge in [-0.25, -0.2) is 0 Å². The van der Waals surface area contributed by atoms with Crippen molar-refractivity contribution >= 4 is 5.78 Å². The summed E-state index contributed by atoms with van der Waals surface area (Å²) in [5.74, 6) is 0.0736. The SMILES string of the molecule is O=C(CN[C@@H]1C[C@H](O)c2ccccc21)c1ccccc1. The van der Waals surface area contributed by atoms with Crippen molar-refractivity contribution in [1.29, 1.82) is 0 Å². The number of hydrogen-bond acceptors (Lipinski definition) is 3. The van der Waals surface area contributed by atoms with Crippen LogP contribution in [0.25, 0.3) is 0 Å². The van der Waals surface area contributed by atoms with E-state index in [-0.39, 0.29) is 18.4 Å². The molecule has 2 aromatic rings. The van der Waals surface area contributed by atoms with Crippen molar-refractivity contribution in [3.63, 3.8) is 0 Å². The Morgan fingerprint density at radius 3 is 2.45 bits per heavy atom. The number of benzene rings is 2. The van der Waals surface area contributed by atoms with Gasteiger partial charge in [0.1, 0.15) is 0 Å². The van der Waals surface area contributed by atoms with E-state index in [9.17, 15) is 9.90 Å². The molecule has 1 aliphatic rings. The molecule has 2 N–H and O–H groups in total. The molecule has 0 radical (unpaired) electrons. The zero-order valence-corrected chi connectivity index (χ0v) is 11.1. The van der Waals surface area contributed by atoms with Gasteiger partial charge in [-0.1, -0.05) is 54.6 Å². The van der Waals surface area contributed by atoms with E-state index in [0.717, 1.165) is 11.1 Å². The Labute approximate surface area is 118 Å². The van der Waals surface area contributed by atoms with Gasteiger partial charge < -0.3 is 10.4 Å². The summed E-state index contributed by atoms with van der Waals surface area (Å²) in [6, 6.07) is 17.2. The summed E-state index contributed by atoms with van der Waals surface area (Å²) in [7, 11) is 0. The lowest BCUT2D eigenvalue weighted by Gasteiger charge is -2.13. The molecule has 2 atom stereocenters. The van der Waals surface area contributed by atoms with Crippen molar-refractivity contribution in [3.8, 4) is 0 Å². The second-order valence-corrected chi connectivity index (χ2v) is 5.10. The van der Waals surface area contributed by atoms with Crippen LogP contribution in [0.2, 0.25) is 0 Å². The molecule has 0 aliphatic heterocycles. The van der Waals surface area contributed by atoms with Crippen LogP contribution < -0.4 is 5.32 Å². The minimum Gasteiger partial charge on any atom is -0.388 e. The number of carbonyl (C=O) groups is 1. The van der Waals surface area contributed by atoms with Gasteiger partial charge in [-0.3, -0.25) is 4.79 Å². The normalized spacial score (nSPS) is 20.6. The molecule has 0 bridgehead atoms. The maximum absolute atomic E-state index is 12.1. The van der Waals surface area contributed by atoms with E-state index < -0.39 is 6.10 Å². The van der Waals surface area contributed by atoms with Crippen LogP contribution in [0.4, 0.5) is 0 Å². The lowest BCUT2D eigenvalue weighted by molar-refractivity contribution is 0.0982. The summed E-state index contributed by atoms with van der Waals surface area (Å²) in [5.41, 5.74) is 2.78. The molecular formula is C17H17NO2. The summed E-state index contributed by atoms with van der Waals surface area (Å²) in [6.07, 6.45) is 0.192. The summed E-state index contributed by atoms with van der Waals surface area (Å²) in [6.45, 7) is 0.287. The minimum absolute atomic E-state index is 0.0499. The van der Waals surface area contributed by atoms with Gasteiger partial charge in [-0.2, -0.15) is 0 Å². The van der Waals surface area contributed by atoms with E-state index >= 15 is 0 Å². The average molecular weight is 267 g/mol. The van der Waals surface area contributed by atoms with E-state index in [1.165, 1.54) is 0 Å². The largest absolute Gasteiger partial charge is 0.388 e. The number of aliphatic hydroxyl groups is 1. The number of rotatable bonds is 4. The third kappa shape index (κ3) is 2.50. The predicted octanol–water partition coefficient (Wildman–Crippen LogP) is 2.64. The standard InChI is InChI=1S/C17H17NO2/c19-16-10-15(13-8-4-5-9-14(13)16)18-11-17(20)12-6-2-1-3-7-12/h1-9,15-16,18-19H,10-11H2/t15-,16+/m1/s1. The van der Waals surface area contributed by atoms with Crippen LogP contribution in [0, 0.1) is 0 Å². The lowest BCUT2D eigenvalue weighted by Crippen LogP contribution is -2.26. The Balaban J connectivity index is 1.67. The van der Waals surface area contributed by atoms with E-state index in [0.29, 0.717) is 12.0 Å². The van der Waals surface area contributed by atoms with Gasteiger partial charge in [0.25, 0.3) is 0 Å². The molecule has 0 amide bonds. The first-order valence-corrected chi connectivity index (χ1v) is 6.84. The van der Waals surface area contributed by atoms with Crippen molar-refractivity contribution in [2.75, 3.05) is 6.54 Å². The molecule has 0 saturated heterocycles. The maximum atomic E-state index is 12.1. The highest BCUT2D eigenvalue weighted by Crippen LogP contribution is 2.38. The van der Waals surface area contributed by atoms with Crippen molar-refractivity contribution in [1.82, 2.24) is 5.32 Å². The number of aliphatic hydroxyl groups excluding tert-OH is 1.